The van der Waals surface area contributed by atoms with Gasteiger partial charge in [-0.2, -0.15) is 0 Å². The maximum absolute atomic E-state index is 12.0. The van der Waals surface area contributed by atoms with Crippen molar-refractivity contribution in [2.45, 2.75) is 27.2 Å². The molecule has 6 nitrogen and oxygen atoms in total. The van der Waals surface area contributed by atoms with Crippen LogP contribution in [-0.4, -0.2) is 23.3 Å². The van der Waals surface area contributed by atoms with E-state index in [0.29, 0.717) is 23.8 Å². The molecule has 0 radical (unpaired) electrons. The highest BCUT2D eigenvalue weighted by Crippen LogP contribution is 2.19. The van der Waals surface area contributed by atoms with Crippen molar-refractivity contribution < 1.29 is 9.59 Å². The highest BCUT2D eigenvalue weighted by molar-refractivity contribution is 5.92. The number of hydrogen-bond acceptors (Lipinski definition) is 4. The standard InChI is InChI=1S/C19H24N4O2/c1-13(2)9-10-20-19(25)18-8-7-17(12-21-18)23-16-6-4-5-15(11-16)22-14(3)24/h4-8,11-13,23H,9-10H2,1-3H3,(H,20,25)(H,22,24). The molecule has 0 aliphatic carbocycles. The number of rotatable bonds is 7. The Morgan fingerprint density at radius 1 is 1.08 bits per heavy atom. The lowest BCUT2D eigenvalue weighted by molar-refractivity contribution is -0.114. The van der Waals surface area contributed by atoms with Crippen molar-refractivity contribution >= 4 is 28.9 Å². The Labute approximate surface area is 148 Å². The van der Waals surface area contributed by atoms with Crippen LogP contribution in [0.1, 0.15) is 37.7 Å². The lowest BCUT2D eigenvalue weighted by Crippen LogP contribution is -2.26. The predicted molar refractivity (Wildman–Crippen MR) is 100 cm³/mol. The molecule has 2 aromatic rings. The summed E-state index contributed by atoms with van der Waals surface area (Å²) in [5.41, 5.74) is 2.69. The van der Waals surface area contributed by atoms with Crippen LogP contribution in [0.2, 0.25) is 0 Å². The molecule has 0 unspecified atom stereocenters. The van der Waals surface area contributed by atoms with E-state index in [1.807, 2.05) is 24.3 Å². The smallest absolute Gasteiger partial charge is 0.269 e. The molecule has 0 bridgehead atoms. The summed E-state index contributed by atoms with van der Waals surface area (Å²) in [6.07, 6.45) is 2.55. The van der Waals surface area contributed by atoms with Gasteiger partial charge in [0, 0.05) is 24.8 Å². The first-order chi connectivity index (χ1) is 11.9. The lowest BCUT2D eigenvalue weighted by atomic mass is 10.1. The number of benzene rings is 1. The number of nitrogens with zero attached hydrogens (tertiary/aromatic N) is 1. The van der Waals surface area contributed by atoms with Gasteiger partial charge in [0.1, 0.15) is 5.69 Å². The van der Waals surface area contributed by atoms with Gasteiger partial charge in [0.15, 0.2) is 0 Å². The van der Waals surface area contributed by atoms with Gasteiger partial charge in [0.25, 0.3) is 5.91 Å². The molecule has 6 heteroatoms. The Morgan fingerprint density at radius 2 is 1.84 bits per heavy atom. The fraction of sp³-hybridized carbons (Fsp3) is 0.316. The third-order valence-electron chi connectivity index (χ3n) is 3.47. The highest BCUT2D eigenvalue weighted by Gasteiger charge is 2.07. The Morgan fingerprint density at radius 3 is 2.48 bits per heavy atom. The number of amides is 2. The first-order valence-electron chi connectivity index (χ1n) is 8.33. The van der Waals surface area contributed by atoms with E-state index in [1.165, 1.54) is 6.92 Å². The zero-order valence-corrected chi connectivity index (χ0v) is 14.8. The Bertz CT molecular complexity index is 726. The molecular weight excluding hydrogens is 316 g/mol. The average molecular weight is 340 g/mol. The van der Waals surface area contributed by atoms with Gasteiger partial charge >= 0.3 is 0 Å². The average Bonchev–Trinajstić information content (AvgIpc) is 2.55. The van der Waals surface area contributed by atoms with Gasteiger partial charge in [-0.05, 0) is 42.7 Å². The van der Waals surface area contributed by atoms with Gasteiger partial charge in [0.2, 0.25) is 5.91 Å². The van der Waals surface area contributed by atoms with Crippen LogP contribution in [0.3, 0.4) is 0 Å². The van der Waals surface area contributed by atoms with Crippen LogP contribution < -0.4 is 16.0 Å². The summed E-state index contributed by atoms with van der Waals surface area (Å²) in [6, 6.07) is 10.9. The predicted octanol–water partition coefficient (Wildman–Crippen LogP) is 3.56. The maximum atomic E-state index is 12.0. The molecule has 1 heterocycles. The Balaban J connectivity index is 1.96. The monoisotopic (exact) mass is 340 g/mol. The van der Waals surface area contributed by atoms with Crippen molar-refractivity contribution in [1.82, 2.24) is 10.3 Å². The van der Waals surface area contributed by atoms with Crippen LogP contribution in [0, 0.1) is 5.92 Å². The molecule has 0 aliphatic heterocycles. The van der Waals surface area contributed by atoms with Gasteiger partial charge in [-0.3, -0.25) is 9.59 Å². The fourth-order valence-electron chi connectivity index (χ4n) is 2.21. The highest BCUT2D eigenvalue weighted by atomic mass is 16.2. The van der Waals surface area contributed by atoms with Crippen molar-refractivity contribution in [3.63, 3.8) is 0 Å². The molecule has 0 aliphatic rings. The summed E-state index contributed by atoms with van der Waals surface area (Å²) in [5, 5.41) is 8.79. The molecule has 2 amide bonds. The molecule has 1 aromatic carbocycles. The van der Waals surface area contributed by atoms with Gasteiger partial charge in [-0.1, -0.05) is 19.9 Å². The van der Waals surface area contributed by atoms with Crippen LogP contribution in [-0.2, 0) is 4.79 Å². The summed E-state index contributed by atoms with van der Waals surface area (Å²) in [4.78, 5) is 27.3. The van der Waals surface area contributed by atoms with E-state index in [-0.39, 0.29) is 11.8 Å². The Hall–Kier alpha value is -2.89. The summed E-state index contributed by atoms with van der Waals surface area (Å²) in [7, 11) is 0. The van der Waals surface area contributed by atoms with Crippen molar-refractivity contribution in [3.8, 4) is 0 Å². The topological polar surface area (TPSA) is 83.1 Å². The molecule has 132 valence electrons. The third-order valence-corrected chi connectivity index (χ3v) is 3.47. The van der Waals surface area contributed by atoms with E-state index >= 15 is 0 Å². The van der Waals surface area contributed by atoms with E-state index in [9.17, 15) is 9.59 Å². The van der Waals surface area contributed by atoms with Crippen LogP contribution in [0.5, 0.6) is 0 Å². The second-order valence-corrected chi connectivity index (χ2v) is 6.26. The minimum Gasteiger partial charge on any atom is -0.354 e. The van der Waals surface area contributed by atoms with Crippen LogP contribution in [0.25, 0.3) is 0 Å². The molecule has 3 N–H and O–H groups in total. The Kier molecular flexibility index (Phi) is 6.51. The molecule has 25 heavy (non-hydrogen) atoms. The van der Waals surface area contributed by atoms with Crippen molar-refractivity contribution in [2.24, 2.45) is 5.92 Å². The molecule has 2 rings (SSSR count). The van der Waals surface area contributed by atoms with Crippen molar-refractivity contribution in [1.29, 1.82) is 0 Å². The van der Waals surface area contributed by atoms with Crippen molar-refractivity contribution in [2.75, 3.05) is 17.2 Å². The largest absolute Gasteiger partial charge is 0.354 e. The summed E-state index contributed by atoms with van der Waals surface area (Å²) in [6.45, 7) is 6.35. The van der Waals surface area contributed by atoms with Gasteiger partial charge in [-0.15, -0.1) is 0 Å². The first kappa shape index (κ1) is 18.4. The summed E-state index contributed by atoms with van der Waals surface area (Å²) < 4.78 is 0. The molecule has 0 saturated carbocycles. The zero-order chi connectivity index (χ0) is 18.2. The number of nitrogens with one attached hydrogen (secondary N) is 3. The molecule has 1 aromatic heterocycles. The quantitative estimate of drug-likeness (QED) is 0.720. The van der Waals surface area contributed by atoms with Crippen molar-refractivity contribution in [3.05, 3.63) is 48.3 Å². The first-order valence-corrected chi connectivity index (χ1v) is 8.33. The SMILES string of the molecule is CC(=O)Nc1cccc(Nc2ccc(C(=O)NCCC(C)C)nc2)c1. The number of aromatic nitrogens is 1. The second kappa shape index (κ2) is 8.82. The number of carbonyl (C=O) groups is 2. The van der Waals surface area contributed by atoms with Gasteiger partial charge < -0.3 is 16.0 Å². The van der Waals surface area contributed by atoms with E-state index in [4.69, 9.17) is 0 Å². The van der Waals surface area contributed by atoms with Crippen LogP contribution in [0.4, 0.5) is 17.1 Å². The van der Waals surface area contributed by atoms with E-state index < -0.39 is 0 Å². The zero-order valence-electron chi connectivity index (χ0n) is 14.8. The lowest BCUT2D eigenvalue weighted by Gasteiger charge is -2.10. The van der Waals surface area contributed by atoms with Gasteiger partial charge in [0.05, 0.1) is 11.9 Å². The number of hydrogen-bond donors (Lipinski definition) is 3. The number of carbonyl (C=O) groups excluding carboxylic acids is 2. The van der Waals surface area contributed by atoms with Crippen LogP contribution in [0.15, 0.2) is 42.6 Å². The second-order valence-electron chi connectivity index (χ2n) is 6.26. The van der Waals surface area contributed by atoms with E-state index in [1.54, 1.807) is 18.3 Å². The molecular formula is C19H24N4O2. The number of pyridine rings is 1. The van der Waals surface area contributed by atoms with Crippen LogP contribution >= 0.6 is 0 Å². The van der Waals surface area contributed by atoms with E-state index in [0.717, 1.165) is 17.8 Å². The van der Waals surface area contributed by atoms with E-state index in [2.05, 4.69) is 34.8 Å². The van der Waals surface area contributed by atoms with Gasteiger partial charge in [-0.25, -0.2) is 4.98 Å². The molecule has 0 spiro atoms. The fourth-order valence-corrected chi connectivity index (χ4v) is 2.21. The normalized spacial score (nSPS) is 10.4. The third kappa shape index (κ3) is 6.25. The molecule has 0 atom stereocenters. The minimum absolute atomic E-state index is 0.119. The molecule has 0 fully saturated rings. The maximum Gasteiger partial charge on any atom is 0.269 e. The number of anilines is 3. The minimum atomic E-state index is -0.167. The summed E-state index contributed by atoms with van der Waals surface area (Å²) in [5.74, 6) is 0.264. The summed E-state index contributed by atoms with van der Waals surface area (Å²) >= 11 is 0. The molecule has 0 saturated heterocycles.